The summed E-state index contributed by atoms with van der Waals surface area (Å²) < 4.78 is 27.2. The van der Waals surface area contributed by atoms with Gasteiger partial charge in [0, 0.05) is 44.2 Å². The molecular weight excluding hydrogens is 366 g/mol. The van der Waals surface area contributed by atoms with E-state index in [0.29, 0.717) is 38.9 Å². The minimum Gasteiger partial charge on any atom is -0.348 e. The van der Waals surface area contributed by atoms with Crippen LogP contribution >= 0.6 is 0 Å². The molecule has 28 heavy (non-hydrogen) atoms. The molecule has 1 aromatic carbocycles. The number of carbonyl (C=O) groups excluding carboxylic acids is 2. The predicted octanol–water partition coefficient (Wildman–Crippen LogP) is 2.61. The highest BCUT2D eigenvalue weighted by atomic mass is 19.1. The largest absolute Gasteiger partial charge is 0.348 e. The zero-order valence-electron chi connectivity index (χ0n) is 15.7. The first-order valence-electron chi connectivity index (χ1n) is 9.54. The zero-order chi connectivity index (χ0) is 19.9. The van der Waals surface area contributed by atoms with E-state index in [1.807, 2.05) is 11.8 Å². The van der Waals surface area contributed by atoms with Crippen molar-refractivity contribution in [1.29, 1.82) is 0 Å². The summed E-state index contributed by atoms with van der Waals surface area (Å²) in [6.45, 7) is 3.19. The second-order valence-electron chi connectivity index (χ2n) is 7.33. The van der Waals surface area contributed by atoms with Crippen LogP contribution in [0.4, 0.5) is 8.78 Å². The SMILES string of the molecule is CCC(=O)N1CCc2[nH]cnc2C12CCN(C(=O)c1ccc(F)cc1F)CC2. The molecule has 2 aliphatic heterocycles. The molecule has 148 valence electrons. The highest BCUT2D eigenvalue weighted by Crippen LogP contribution is 2.42. The van der Waals surface area contributed by atoms with Crippen LogP contribution in [0.25, 0.3) is 0 Å². The van der Waals surface area contributed by atoms with Crippen molar-refractivity contribution in [3.63, 3.8) is 0 Å². The average Bonchev–Trinajstić information content (AvgIpc) is 3.18. The number of imidazole rings is 1. The van der Waals surface area contributed by atoms with Crippen molar-refractivity contribution in [1.82, 2.24) is 19.8 Å². The summed E-state index contributed by atoms with van der Waals surface area (Å²) in [4.78, 5) is 36.5. The second kappa shape index (κ2) is 7.00. The quantitative estimate of drug-likeness (QED) is 0.860. The van der Waals surface area contributed by atoms with E-state index in [-0.39, 0.29) is 11.5 Å². The molecule has 1 spiro atoms. The Morgan fingerprint density at radius 1 is 1.21 bits per heavy atom. The van der Waals surface area contributed by atoms with Gasteiger partial charge in [-0.3, -0.25) is 9.59 Å². The van der Waals surface area contributed by atoms with Gasteiger partial charge in [0.25, 0.3) is 5.91 Å². The Morgan fingerprint density at radius 2 is 1.96 bits per heavy atom. The Bertz CT molecular complexity index is 919. The van der Waals surface area contributed by atoms with Crippen LogP contribution in [0.1, 0.15) is 47.9 Å². The van der Waals surface area contributed by atoms with Crippen molar-refractivity contribution in [3.05, 3.63) is 53.1 Å². The van der Waals surface area contributed by atoms with Crippen molar-refractivity contribution in [2.24, 2.45) is 0 Å². The van der Waals surface area contributed by atoms with E-state index in [1.165, 1.54) is 6.07 Å². The van der Waals surface area contributed by atoms with E-state index >= 15 is 0 Å². The van der Waals surface area contributed by atoms with Gasteiger partial charge in [-0.15, -0.1) is 0 Å². The van der Waals surface area contributed by atoms with Crippen molar-refractivity contribution in [2.75, 3.05) is 19.6 Å². The summed E-state index contributed by atoms with van der Waals surface area (Å²) in [5.41, 5.74) is 1.23. The number of amides is 2. The van der Waals surface area contributed by atoms with Crippen LogP contribution in [-0.2, 0) is 16.8 Å². The highest BCUT2D eigenvalue weighted by molar-refractivity contribution is 5.94. The molecule has 3 heterocycles. The van der Waals surface area contributed by atoms with Gasteiger partial charge < -0.3 is 14.8 Å². The number of nitrogens with zero attached hydrogens (tertiary/aromatic N) is 3. The van der Waals surface area contributed by atoms with Crippen molar-refractivity contribution < 1.29 is 18.4 Å². The fourth-order valence-electron chi connectivity index (χ4n) is 4.45. The number of fused-ring (bicyclic) bond motifs is 2. The molecule has 2 aromatic rings. The summed E-state index contributed by atoms with van der Waals surface area (Å²) in [7, 11) is 0. The normalized spacial score (nSPS) is 18.2. The van der Waals surface area contributed by atoms with Crippen LogP contribution in [-0.4, -0.2) is 51.2 Å². The highest BCUT2D eigenvalue weighted by Gasteiger charge is 2.48. The van der Waals surface area contributed by atoms with E-state index in [2.05, 4.69) is 9.97 Å². The number of nitrogens with one attached hydrogen (secondary N) is 1. The summed E-state index contributed by atoms with van der Waals surface area (Å²) in [5, 5.41) is 0. The number of hydrogen-bond donors (Lipinski definition) is 1. The number of rotatable bonds is 2. The van der Waals surface area contributed by atoms with E-state index in [1.54, 1.807) is 11.2 Å². The lowest BCUT2D eigenvalue weighted by atomic mass is 9.78. The smallest absolute Gasteiger partial charge is 0.256 e. The van der Waals surface area contributed by atoms with Crippen LogP contribution in [0.5, 0.6) is 0 Å². The van der Waals surface area contributed by atoms with Gasteiger partial charge in [0.1, 0.15) is 11.6 Å². The molecule has 2 aliphatic rings. The standard InChI is InChI=1S/C20H22F2N4O2/c1-2-17(27)26-8-5-16-18(24-12-23-16)20(26)6-9-25(10-7-20)19(28)14-4-3-13(21)11-15(14)22/h3-4,11-12H,2,5-10H2,1H3,(H,23,24). The van der Waals surface area contributed by atoms with Crippen molar-refractivity contribution >= 4 is 11.8 Å². The number of halogens is 2. The lowest BCUT2D eigenvalue weighted by Crippen LogP contribution is -2.58. The van der Waals surface area contributed by atoms with Gasteiger partial charge in [0.05, 0.1) is 23.1 Å². The number of aromatic nitrogens is 2. The maximum atomic E-state index is 14.0. The molecule has 1 fully saturated rings. The average molecular weight is 388 g/mol. The summed E-state index contributed by atoms with van der Waals surface area (Å²) in [5.74, 6) is -1.97. The molecule has 1 aromatic heterocycles. The Labute approximate surface area is 161 Å². The number of carbonyl (C=O) groups is 2. The molecule has 0 unspecified atom stereocenters. The third-order valence-electron chi connectivity index (χ3n) is 5.90. The summed E-state index contributed by atoms with van der Waals surface area (Å²) >= 11 is 0. The van der Waals surface area contributed by atoms with Gasteiger partial charge >= 0.3 is 0 Å². The molecule has 0 saturated carbocycles. The van der Waals surface area contributed by atoms with Crippen LogP contribution < -0.4 is 0 Å². The van der Waals surface area contributed by atoms with E-state index < -0.39 is 23.1 Å². The Morgan fingerprint density at radius 3 is 2.64 bits per heavy atom. The molecule has 8 heteroatoms. The van der Waals surface area contributed by atoms with Gasteiger partial charge in [0.2, 0.25) is 5.91 Å². The lowest BCUT2D eigenvalue weighted by Gasteiger charge is -2.50. The fraction of sp³-hybridized carbons (Fsp3) is 0.450. The molecule has 1 saturated heterocycles. The topological polar surface area (TPSA) is 69.3 Å². The summed E-state index contributed by atoms with van der Waals surface area (Å²) in [6.07, 6.45) is 3.85. The molecule has 0 radical (unpaired) electrons. The van der Waals surface area contributed by atoms with Gasteiger partial charge in [0.15, 0.2) is 0 Å². The molecule has 6 nitrogen and oxygen atoms in total. The van der Waals surface area contributed by atoms with Crippen molar-refractivity contribution in [3.8, 4) is 0 Å². The van der Waals surface area contributed by atoms with E-state index in [9.17, 15) is 18.4 Å². The first-order valence-corrected chi connectivity index (χ1v) is 9.54. The summed E-state index contributed by atoms with van der Waals surface area (Å²) in [6, 6.07) is 2.98. The van der Waals surface area contributed by atoms with E-state index in [4.69, 9.17) is 0 Å². The second-order valence-corrected chi connectivity index (χ2v) is 7.33. The molecule has 2 amide bonds. The number of benzene rings is 1. The number of aromatic amines is 1. The third kappa shape index (κ3) is 2.87. The number of piperidine rings is 1. The van der Waals surface area contributed by atoms with Gasteiger partial charge in [-0.05, 0) is 25.0 Å². The van der Waals surface area contributed by atoms with Crippen LogP contribution in [0.15, 0.2) is 24.5 Å². The number of H-pyrrole nitrogens is 1. The van der Waals surface area contributed by atoms with Gasteiger partial charge in [-0.1, -0.05) is 6.92 Å². The Kier molecular flexibility index (Phi) is 4.64. The Balaban J connectivity index is 1.59. The fourth-order valence-corrected chi connectivity index (χ4v) is 4.45. The lowest BCUT2D eigenvalue weighted by molar-refractivity contribution is -0.141. The first kappa shape index (κ1) is 18.6. The number of likely N-dealkylation sites (tertiary alicyclic amines) is 1. The molecule has 4 rings (SSSR count). The zero-order valence-corrected chi connectivity index (χ0v) is 15.7. The maximum absolute atomic E-state index is 14.0. The monoisotopic (exact) mass is 388 g/mol. The van der Waals surface area contributed by atoms with Crippen molar-refractivity contribution in [2.45, 2.75) is 38.1 Å². The Hall–Kier alpha value is -2.77. The predicted molar refractivity (Wildman–Crippen MR) is 97.5 cm³/mol. The molecule has 1 N–H and O–H groups in total. The van der Waals surface area contributed by atoms with E-state index in [0.717, 1.165) is 29.9 Å². The maximum Gasteiger partial charge on any atom is 0.256 e. The van der Waals surface area contributed by atoms with Crippen LogP contribution in [0, 0.1) is 11.6 Å². The number of hydrogen-bond acceptors (Lipinski definition) is 3. The first-order chi connectivity index (χ1) is 13.5. The molecule has 0 aliphatic carbocycles. The minimum atomic E-state index is -0.861. The molecular formula is C20H22F2N4O2. The van der Waals surface area contributed by atoms with Gasteiger partial charge in [-0.2, -0.15) is 0 Å². The van der Waals surface area contributed by atoms with Gasteiger partial charge in [-0.25, -0.2) is 13.8 Å². The molecule has 0 atom stereocenters. The minimum absolute atomic E-state index is 0.0676. The van der Waals surface area contributed by atoms with Crippen LogP contribution in [0.2, 0.25) is 0 Å². The molecule has 0 bridgehead atoms. The third-order valence-corrected chi connectivity index (χ3v) is 5.90. The van der Waals surface area contributed by atoms with Crippen LogP contribution in [0.3, 0.4) is 0 Å².